The predicted molar refractivity (Wildman–Crippen MR) is 96.2 cm³/mol. The van der Waals surface area contributed by atoms with Crippen LogP contribution in [0.1, 0.15) is 11.1 Å². The monoisotopic (exact) mass is 372 g/mol. The summed E-state index contributed by atoms with van der Waals surface area (Å²) in [6, 6.07) is 10.3. The van der Waals surface area contributed by atoms with Crippen LogP contribution >= 0.6 is 0 Å². The molecule has 0 fully saturated rings. The van der Waals surface area contributed by atoms with Crippen molar-refractivity contribution in [2.24, 2.45) is 0 Å². The van der Waals surface area contributed by atoms with Crippen LogP contribution in [0.2, 0.25) is 0 Å². The molecule has 0 aliphatic carbocycles. The van der Waals surface area contributed by atoms with Crippen molar-refractivity contribution in [2.45, 2.75) is 6.42 Å². The summed E-state index contributed by atoms with van der Waals surface area (Å²) in [5.41, 5.74) is 0.0750. The molecular weight excluding hydrogens is 354 g/mol. The first-order valence-corrected chi connectivity index (χ1v) is 8.05. The van der Waals surface area contributed by atoms with Crippen molar-refractivity contribution < 1.29 is 23.0 Å². The van der Waals surface area contributed by atoms with Gasteiger partial charge in [-0.3, -0.25) is 4.79 Å². The molecule has 0 radical (unpaired) electrons. The fraction of sp³-hybridized carbons (Fsp3) is 0.200. The molecule has 0 aliphatic heterocycles. The lowest BCUT2D eigenvalue weighted by atomic mass is 10.1. The molecular formula is C20H18F2N2O3. The normalized spacial score (nSPS) is 10.9. The zero-order valence-corrected chi connectivity index (χ0v) is 14.9. The summed E-state index contributed by atoms with van der Waals surface area (Å²) in [7, 11) is 3.06. The smallest absolute Gasteiger partial charge is 0.261 e. The van der Waals surface area contributed by atoms with E-state index in [4.69, 9.17) is 14.7 Å². The number of rotatable bonds is 7. The maximum Gasteiger partial charge on any atom is 0.261 e. The second-order valence-corrected chi connectivity index (χ2v) is 5.50. The van der Waals surface area contributed by atoms with E-state index in [1.54, 1.807) is 18.2 Å². The highest BCUT2D eigenvalue weighted by molar-refractivity contribution is 6.01. The van der Waals surface area contributed by atoms with Crippen LogP contribution in [0.25, 0.3) is 6.08 Å². The lowest BCUT2D eigenvalue weighted by Gasteiger charge is -2.10. The minimum atomic E-state index is -0.846. The second kappa shape index (κ2) is 9.34. The van der Waals surface area contributed by atoms with Gasteiger partial charge in [-0.15, -0.1) is 0 Å². The van der Waals surface area contributed by atoms with Crippen molar-refractivity contribution in [3.63, 3.8) is 0 Å². The minimum Gasteiger partial charge on any atom is -0.493 e. The minimum absolute atomic E-state index is 0.229. The van der Waals surface area contributed by atoms with Gasteiger partial charge in [0.2, 0.25) is 0 Å². The van der Waals surface area contributed by atoms with Crippen molar-refractivity contribution in [3.05, 3.63) is 64.7 Å². The number of benzene rings is 2. The van der Waals surface area contributed by atoms with Gasteiger partial charge in [0.25, 0.3) is 5.91 Å². The molecule has 0 spiro atoms. The van der Waals surface area contributed by atoms with Crippen LogP contribution in [-0.4, -0.2) is 26.7 Å². The van der Waals surface area contributed by atoms with Crippen LogP contribution < -0.4 is 14.8 Å². The summed E-state index contributed by atoms with van der Waals surface area (Å²) in [5.74, 6) is -1.25. The molecule has 2 aromatic carbocycles. The average molecular weight is 372 g/mol. The Kier molecular flexibility index (Phi) is 6.89. The molecule has 27 heavy (non-hydrogen) atoms. The summed E-state index contributed by atoms with van der Waals surface area (Å²) >= 11 is 0. The molecule has 140 valence electrons. The third kappa shape index (κ3) is 5.05. The molecule has 1 N–H and O–H groups in total. The molecule has 0 bridgehead atoms. The molecule has 5 nitrogen and oxygen atoms in total. The zero-order chi connectivity index (χ0) is 19.8. The van der Waals surface area contributed by atoms with Crippen molar-refractivity contribution in [3.8, 4) is 17.6 Å². The number of methoxy groups -OCH3 is 2. The Bertz CT molecular complexity index is 884. The van der Waals surface area contributed by atoms with Crippen LogP contribution in [0.15, 0.2) is 42.0 Å². The van der Waals surface area contributed by atoms with E-state index in [2.05, 4.69) is 5.32 Å². The van der Waals surface area contributed by atoms with Gasteiger partial charge in [-0.05, 0) is 42.3 Å². The number of nitriles is 1. The van der Waals surface area contributed by atoms with E-state index < -0.39 is 23.1 Å². The number of carbonyl (C=O) groups excluding carboxylic acids is 1. The van der Waals surface area contributed by atoms with Gasteiger partial charge in [-0.1, -0.05) is 12.1 Å². The molecule has 0 aliphatic rings. The zero-order valence-electron chi connectivity index (χ0n) is 14.9. The summed E-state index contributed by atoms with van der Waals surface area (Å²) in [6.07, 6.45) is 1.37. The van der Waals surface area contributed by atoms with E-state index in [9.17, 15) is 13.6 Å². The highest BCUT2D eigenvalue weighted by Crippen LogP contribution is 2.27. The van der Waals surface area contributed by atoms with Gasteiger partial charge in [-0.25, -0.2) is 8.78 Å². The third-order valence-electron chi connectivity index (χ3n) is 3.80. The largest absolute Gasteiger partial charge is 0.493 e. The SMILES string of the molecule is COc1ccc(CCNC(=O)/C(C#N)=C/c2c(F)cccc2F)cc1OC. The summed E-state index contributed by atoms with van der Waals surface area (Å²) in [4.78, 5) is 12.1. The summed E-state index contributed by atoms with van der Waals surface area (Å²) < 4.78 is 37.7. The molecule has 0 heterocycles. The highest BCUT2D eigenvalue weighted by Gasteiger charge is 2.13. The fourth-order valence-corrected chi connectivity index (χ4v) is 2.39. The highest BCUT2D eigenvalue weighted by atomic mass is 19.1. The number of carbonyl (C=O) groups is 1. The second-order valence-electron chi connectivity index (χ2n) is 5.50. The Hall–Kier alpha value is -3.40. The van der Waals surface area contributed by atoms with Crippen LogP contribution in [-0.2, 0) is 11.2 Å². The lowest BCUT2D eigenvalue weighted by molar-refractivity contribution is -0.117. The molecule has 0 saturated carbocycles. The van der Waals surface area contributed by atoms with Crippen LogP contribution in [0.4, 0.5) is 8.78 Å². The molecule has 2 rings (SSSR count). The van der Waals surface area contributed by atoms with Crippen LogP contribution in [0.3, 0.4) is 0 Å². The first kappa shape index (κ1) is 19.9. The van der Waals surface area contributed by atoms with E-state index in [0.29, 0.717) is 17.9 Å². The Morgan fingerprint density at radius 1 is 1.15 bits per heavy atom. The lowest BCUT2D eigenvalue weighted by Crippen LogP contribution is -2.26. The van der Waals surface area contributed by atoms with Gasteiger partial charge < -0.3 is 14.8 Å². The molecule has 1 amide bonds. The Labute approximate surface area is 155 Å². The maximum absolute atomic E-state index is 13.7. The van der Waals surface area contributed by atoms with E-state index in [1.807, 2.05) is 6.07 Å². The number of hydrogen-bond acceptors (Lipinski definition) is 4. The van der Waals surface area contributed by atoms with Gasteiger partial charge in [0.05, 0.1) is 14.2 Å². The van der Waals surface area contributed by atoms with Crippen LogP contribution in [0.5, 0.6) is 11.5 Å². The molecule has 0 unspecified atom stereocenters. The third-order valence-corrected chi connectivity index (χ3v) is 3.80. The fourth-order valence-electron chi connectivity index (χ4n) is 2.39. The van der Waals surface area contributed by atoms with Crippen molar-refractivity contribution >= 4 is 12.0 Å². The van der Waals surface area contributed by atoms with E-state index in [0.717, 1.165) is 23.8 Å². The molecule has 0 aromatic heterocycles. The first-order valence-electron chi connectivity index (χ1n) is 8.05. The number of halogens is 2. The number of nitrogens with zero attached hydrogens (tertiary/aromatic N) is 1. The number of amides is 1. The van der Waals surface area contributed by atoms with Gasteiger partial charge >= 0.3 is 0 Å². The van der Waals surface area contributed by atoms with Gasteiger partial charge in [0, 0.05) is 12.1 Å². The summed E-state index contributed by atoms with van der Waals surface area (Å²) in [5, 5.41) is 11.7. The van der Waals surface area contributed by atoms with Crippen LogP contribution in [0, 0.1) is 23.0 Å². The standard InChI is InChI=1S/C20H18F2N2O3/c1-26-18-7-6-13(10-19(18)27-2)8-9-24-20(25)14(12-23)11-15-16(21)4-3-5-17(15)22/h3-7,10-11H,8-9H2,1-2H3,(H,24,25)/b14-11+. The van der Waals surface area contributed by atoms with Crippen molar-refractivity contribution in [2.75, 3.05) is 20.8 Å². The average Bonchev–Trinajstić information content (AvgIpc) is 2.67. The maximum atomic E-state index is 13.7. The van der Waals surface area contributed by atoms with Gasteiger partial charge in [0.15, 0.2) is 11.5 Å². The van der Waals surface area contributed by atoms with Gasteiger partial charge in [-0.2, -0.15) is 5.26 Å². The summed E-state index contributed by atoms with van der Waals surface area (Å²) in [6.45, 7) is 0.229. The number of hydrogen-bond donors (Lipinski definition) is 1. The molecule has 0 atom stereocenters. The number of ether oxygens (including phenoxy) is 2. The van der Waals surface area contributed by atoms with E-state index in [1.165, 1.54) is 20.3 Å². The van der Waals surface area contributed by atoms with Gasteiger partial charge in [0.1, 0.15) is 23.3 Å². The topological polar surface area (TPSA) is 71.3 Å². The molecule has 2 aromatic rings. The quantitative estimate of drug-likeness (QED) is 0.598. The predicted octanol–water partition coefficient (Wildman–Crippen LogP) is 3.25. The molecule has 0 saturated heterocycles. The Morgan fingerprint density at radius 2 is 1.81 bits per heavy atom. The van der Waals surface area contributed by atoms with Crippen molar-refractivity contribution in [1.82, 2.24) is 5.32 Å². The van der Waals surface area contributed by atoms with E-state index in [-0.39, 0.29) is 12.1 Å². The Morgan fingerprint density at radius 3 is 2.41 bits per heavy atom. The number of nitrogens with one attached hydrogen (secondary N) is 1. The first-order chi connectivity index (χ1) is 13.0. The Balaban J connectivity index is 2.04. The van der Waals surface area contributed by atoms with Crippen molar-refractivity contribution in [1.29, 1.82) is 5.26 Å². The van der Waals surface area contributed by atoms with E-state index >= 15 is 0 Å². The molecule has 7 heteroatoms.